The zero-order chi connectivity index (χ0) is 10.8. The summed E-state index contributed by atoms with van der Waals surface area (Å²) in [6, 6.07) is 0. The molecule has 0 unspecified atom stereocenters. The Bertz CT molecular complexity index is 221. The molecule has 0 aromatic heterocycles. The van der Waals surface area contributed by atoms with E-state index in [2.05, 4.69) is 5.32 Å². The first-order valence-corrected chi connectivity index (χ1v) is 4.37. The number of hydrogen-bond donors (Lipinski definition) is 2. The van der Waals surface area contributed by atoms with Crippen LogP contribution in [0.2, 0.25) is 0 Å². The Morgan fingerprint density at radius 1 is 1.36 bits per heavy atom. The normalized spacial score (nSPS) is 21.9. The van der Waals surface area contributed by atoms with Gasteiger partial charge in [-0.05, 0) is 25.9 Å². The minimum Gasteiger partial charge on any atom is -0.481 e. The molecule has 0 aliphatic carbocycles. The van der Waals surface area contributed by atoms with E-state index in [1.54, 1.807) is 0 Å². The predicted molar refractivity (Wildman–Crippen MR) is 42.8 cm³/mol. The van der Waals surface area contributed by atoms with Crippen LogP contribution in [0.4, 0.5) is 13.2 Å². The molecule has 1 aliphatic rings. The lowest BCUT2D eigenvalue weighted by Gasteiger charge is -2.34. The van der Waals surface area contributed by atoms with Crippen molar-refractivity contribution < 1.29 is 23.1 Å². The summed E-state index contributed by atoms with van der Waals surface area (Å²) in [5.74, 6) is -1.34. The summed E-state index contributed by atoms with van der Waals surface area (Å²) in [6.07, 6.45) is -5.55. The first-order chi connectivity index (χ1) is 6.36. The Kier molecular flexibility index (Phi) is 3.04. The number of halogens is 3. The Hall–Kier alpha value is -0.780. The van der Waals surface area contributed by atoms with Gasteiger partial charge in [0.2, 0.25) is 0 Å². The molecule has 0 spiro atoms. The second-order valence-electron chi connectivity index (χ2n) is 3.63. The van der Waals surface area contributed by atoms with E-state index in [-0.39, 0.29) is 12.8 Å². The average molecular weight is 211 g/mol. The number of carboxylic acid groups (broad SMARTS) is 1. The van der Waals surface area contributed by atoms with Gasteiger partial charge in [-0.15, -0.1) is 0 Å². The molecular weight excluding hydrogens is 199 g/mol. The van der Waals surface area contributed by atoms with E-state index in [0.717, 1.165) is 0 Å². The molecule has 1 heterocycles. The van der Waals surface area contributed by atoms with Gasteiger partial charge in [0.25, 0.3) is 0 Å². The lowest BCUT2D eigenvalue weighted by molar-refractivity contribution is -0.182. The summed E-state index contributed by atoms with van der Waals surface area (Å²) >= 11 is 0. The molecule has 0 atom stereocenters. The van der Waals surface area contributed by atoms with Gasteiger partial charge in [0.15, 0.2) is 0 Å². The van der Waals surface area contributed by atoms with E-state index in [1.165, 1.54) is 0 Å². The van der Waals surface area contributed by atoms with Crippen LogP contribution in [0.5, 0.6) is 0 Å². The third-order valence-corrected chi connectivity index (χ3v) is 2.55. The van der Waals surface area contributed by atoms with E-state index in [4.69, 9.17) is 5.11 Å². The molecule has 3 nitrogen and oxygen atoms in total. The van der Waals surface area contributed by atoms with Crippen molar-refractivity contribution in [2.24, 2.45) is 5.41 Å². The van der Waals surface area contributed by atoms with Gasteiger partial charge in [-0.25, -0.2) is 0 Å². The summed E-state index contributed by atoms with van der Waals surface area (Å²) in [6.45, 7) is 0.671. The van der Waals surface area contributed by atoms with Gasteiger partial charge in [0.05, 0.1) is 11.8 Å². The molecule has 0 saturated carbocycles. The van der Waals surface area contributed by atoms with E-state index < -0.39 is 24.0 Å². The van der Waals surface area contributed by atoms with E-state index in [1.807, 2.05) is 0 Å². The van der Waals surface area contributed by atoms with Crippen LogP contribution in [0.25, 0.3) is 0 Å². The summed E-state index contributed by atoms with van der Waals surface area (Å²) < 4.78 is 36.5. The molecular formula is C8H12F3NO2. The zero-order valence-corrected chi connectivity index (χ0v) is 7.52. The molecule has 1 saturated heterocycles. The van der Waals surface area contributed by atoms with Crippen molar-refractivity contribution in [1.82, 2.24) is 5.32 Å². The number of carboxylic acids is 1. The number of aliphatic carboxylic acids is 1. The topological polar surface area (TPSA) is 49.3 Å². The molecule has 14 heavy (non-hydrogen) atoms. The third kappa shape index (κ3) is 2.60. The SMILES string of the molecule is O=C(O)C1(CC(F)(F)F)CCNCC1. The quantitative estimate of drug-likeness (QED) is 0.725. The van der Waals surface area contributed by atoms with Crippen molar-refractivity contribution in [1.29, 1.82) is 0 Å². The second-order valence-corrected chi connectivity index (χ2v) is 3.63. The number of rotatable bonds is 2. The molecule has 0 radical (unpaired) electrons. The molecule has 1 fully saturated rings. The van der Waals surface area contributed by atoms with Gasteiger partial charge in [-0.2, -0.15) is 13.2 Å². The summed E-state index contributed by atoms with van der Waals surface area (Å²) in [5.41, 5.74) is -1.61. The molecule has 1 rings (SSSR count). The highest BCUT2D eigenvalue weighted by molar-refractivity contribution is 5.74. The number of carbonyl (C=O) groups is 1. The third-order valence-electron chi connectivity index (χ3n) is 2.55. The lowest BCUT2D eigenvalue weighted by Crippen LogP contribution is -2.44. The van der Waals surface area contributed by atoms with Crippen molar-refractivity contribution >= 4 is 5.97 Å². The average Bonchev–Trinajstić information content (AvgIpc) is 2.02. The molecule has 82 valence electrons. The van der Waals surface area contributed by atoms with Crippen LogP contribution >= 0.6 is 0 Å². The van der Waals surface area contributed by atoms with Crippen molar-refractivity contribution in [2.75, 3.05) is 13.1 Å². The minimum atomic E-state index is -4.41. The highest BCUT2D eigenvalue weighted by atomic mass is 19.4. The maximum atomic E-state index is 12.2. The number of alkyl halides is 3. The van der Waals surface area contributed by atoms with E-state index in [9.17, 15) is 18.0 Å². The van der Waals surface area contributed by atoms with Crippen LogP contribution in [-0.4, -0.2) is 30.3 Å². The maximum absolute atomic E-state index is 12.2. The summed E-state index contributed by atoms with van der Waals surface area (Å²) in [7, 11) is 0. The van der Waals surface area contributed by atoms with Crippen molar-refractivity contribution in [3.63, 3.8) is 0 Å². The van der Waals surface area contributed by atoms with Crippen molar-refractivity contribution in [2.45, 2.75) is 25.4 Å². The first-order valence-electron chi connectivity index (χ1n) is 4.37. The van der Waals surface area contributed by atoms with Crippen LogP contribution in [0.1, 0.15) is 19.3 Å². The molecule has 0 amide bonds. The fourth-order valence-corrected chi connectivity index (χ4v) is 1.76. The maximum Gasteiger partial charge on any atom is 0.390 e. The van der Waals surface area contributed by atoms with Gasteiger partial charge in [0, 0.05) is 0 Å². The Morgan fingerprint density at radius 2 is 1.86 bits per heavy atom. The number of hydrogen-bond acceptors (Lipinski definition) is 2. The number of piperidine rings is 1. The van der Waals surface area contributed by atoms with Gasteiger partial charge in [-0.1, -0.05) is 0 Å². The second kappa shape index (κ2) is 3.76. The Balaban J connectivity index is 2.76. The Labute approximate surface area is 79.3 Å². The fourth-order valence-electron chi connectivity index (χ4n) is 1.76. The summed E-state index contributed by atoms with van der Waals surface area (Å²) in [5, 5.41) is 11.7. The van der Waals surface area contributed by atoms with Gasteiger partial charge in [-0.3, -0.25) is 4.79 Å². The van der Waals surface area contributed by atoms with Crippen LogP contribution < -0.4 is 5.32 Å². The standard InChI is InChI=1S/C8H12F3NO2/c9-8(10,11)5-7(6(13)14)1-3-12-4-2-7/h12H,1-5H2,(H,13,14). The smallest absolute Gasteiger partial charge is 0.390 e. The zero-order valence-electron chi connectivity index (χ0n) is 7.52. The predicted octanol–water partition coefficient (Wildman–Crippen LogP) is 1.39. The largest absolute Gasteiger partial charge is 0.481 e. The molecule has 0 aromatic carbocycles. The van der Waals surface area contributed by atoms with Crippen LogP contribution in [0.15, 0.2) is 0 Å². The molecule has 6 heteroatoms. The van der Waals surface area contributed by atoms with Crippen molar-refractivity contribution in [3.05, 3.63) is 0 Å². The molecule has 0 aromatic rings. The van der Waals surface area contributed by atoms with Crippen LogP contribution in [0.3, 0.4) is 0 Å². The fraction of sp³-hybridized carbons (Fsp3) is 0.875. The molecule has 0 bridgehead atoms. The molecule has 1 aliphatic heterocycles. The van der Waals surface area contributed by atoms with Gasteiger partial charge in [0.1, 0.15) is 0 Å². The lowest BCUT2D eigenvalue weighted by atomic mass is 9.76. The Morgan fingerprint density at radius 3 is 2.21 bits per heavy atom. The van der Waals surface area contributed by atoms with Crippen molar-refractivity contribution in [3.8, 4) is 0 Å². The monoisotopic (exact) mass is 211 g/mol. The number of nitrogens with one attached hydrogen (secondary N) is 1. The van der Waals surface area contributed by atoms with Crippen LogP contribution in [0, 0.1) is 5.41 Å². The summed E-state index contributed by atoms with van der Waals surface area (Å²) in [4.78, 5) is 10.8. The van der Waals surface area contributed by atoms with Crippen LogP contribution in [-0.2, 0) is 4.79 Å². The minimum absolute atomic E-state index is 0.0435. The van der Waals surface area contributed by atoms with E-state index >= 15 is 0 Å². The highest BCUT2D eigenvalue weighted by Crippen LogP contribution is 2.40. The van der Waals surface area contributed by atoms with E-state index in [0.29, 0.717) is 13.1 Å². The first kappa shape index (κ1) is 11.3. The molecule has 2 N–H and O–H groups in total. The van der Waals surface area contributed by atoms with Gasteiger partial charge < -0.3 is 10.4 Å². The van der Waals surface area contributed by atoms with Gasteiger partial charge >= 0.3 is 12.1 Å². The highest BCUT2D eigenvalue weighted by Gasteiger charge is 2.48.